The Morgan fingerprint density at radius 3 is 2.58 bits per heavy atom. The number of benzene rings is 1. The Morgan fingerprint density at radius 1 is 1.26 bits per heavy atom. The van der Waals surface area contributed by atoms with E-state index in [4.69, 9.17) is 5.84 Å². The Bertz CT molecular complexity index is 417. The lowest BCUT2D eigenvalue weighted by molar-refractivity contribution is 0.252. The van der Waals surface area contributed by atoms with Gasteiger partial charge in [0.25, 0.3) is 0 Å². The van der Waals surface area contributed by atoms with E-state index >= 15 is 0 Å². The fourth-order valence-corrected chi connectivity index (χ4v) is 4.77. The van der Waals surface area contributed by atoms with Gasteiger partial charge in [0.15, 0.2) is 0 Å². The molecule has 3 N–H and O–H groups in total. The molecule has 4 atom stereocenters. The normalized spacial score (nSPS) is 30.7. The van der Waals surface area contributed by atoms with Gasteiger partial charge in [-0.25, -0.2) is 0 Å². The molecule has 1 aromatic carbocycles. The fourth-order valence-electron chi connectivity index (χ4n) is 4.11. The minimum atomic E-state index is 0.343. The monoisotopic (exact) mass is 276 g/mol. The summed E-state index contributed by atoms with van der Waals surface area (Å²) in [5.41, 5.74) is 4.45. The lowest BCUT2D eigenvalue weighted by atomic mass is 9.81. The van der Waals surface area contributed by atoms with Crippen LogP contribution in [0.5, 0.6) is 0 Å². The SMILES string of the molecule is CCSc1ccc(C(NN)C2CC3CCC2C3)cc1. The van der Waals surface area contributed by atoms with Gasteiger partial charge in [-0.1, -0.05) is 25.5 Å². The van der Waals surface area contributed by atoms with Gasteiger partial charge >= 0.3 is 0 Å². The summed E-state index contributed by atoms with van der Waals surface area (Å²) in [5.74, 6) is 9.60. The molecule has 2 bridgehead atoms. The van der Waals surface area contributed by atoms with Gasteiger partial charge in [-0.2, -0.15) is 0 Å². The van der Waals surface area contributed by atoms with Gasteiger partial charge in [0.2, 0.25) is 0 Å². The van der Waals surface area contributed by atoms with Crippen LogP contribution in [0.25, 0.3) is 0 Å². The first-order chi connectivity index (χ1) is 9.31. The molecule has 2 aliphatic rings. The smallest absolute Gasteiger partial charge is 0.0490 e. The van der Waals surface area contributed by atoms with Gasteiger partial charge in [0.1, 0.15) is 0 Å². The Balaban J connectivity index is 1.74. The van der Waals surface area contributed by atoms with E-state index < -0.39 is 0 Å². The Morgan fingerprint density at radius 2 is 2.05 bits per heavy atom. The molecule has 2 fully saturated rings. The molecule has 0 aromatic heterocycles. The van der Waals surface area contributed by atoms with Gasteiger partial charge in [-0.05, 0) is 60.5 Å². The van der Waals surface area contributed by atoms with E-state index in [1.165, 1.54) is 36.1 Å². The van der Waals surface area contributed by atoms with Gasteiger partial charge in [0.05, 0.1) is 0 Å². The summed E-state index contributed by atoms with van der Waals surface area (Å²) in [6.07, 6.45) is 5.67. The Labute approximate surface area is 120 Å². The zero-order valence-corrected chi connectivity index (χ0v) is 12.5. The molecule has 0 spiro atoms. The average Bonchev–Trinajstić information content (AvgIpc) is 3.05. The van der Waals surface area contributed by atoms with Crippen LogP contribution in [0.4, 0.5) is 0 Å². The number of fused-ring (bicyclic) bond motifs is 2. The molecule has 19 heavy (non-hydrogen) atoms. The quantitative estimate of drug-likeness (QED) is 0.489. The molecule has 104 valence electrons. The molecule has 4 unspecified atom stereocenters. The molecular weight excluding hydrogens is 252 g/mol. The van der Waals surface area contributed by atoms with Crippen LogP contribution >= 0.6 is 11.8 Å². The highest BCUT2D eigenvalue weighted by Gasteiger charge is 2.43. The highest BCUT2D eigenvalue weighted by molar-refractivity contribution is 7.99. The van der Waals surface area contributed by atoms with Crippen LogP contribution < -0.4 is 11.3 Å². The zero-order valence-electron chi connectivity index (χ0n) is 11.6. The summed E-state index contributed by atoms with van der Waals surface area (Å²) >= 11 is 1.90. The van der Waals surface area contributed by atoms with E-state index in [-0.39, 0.29) is 0 Å². The third-order valence-corrected chi connectivity index (χ3v) is 5.84. The predicted molar refractivity (Wildman–Crippen MR) is 81.8 cm³/mol. The van der Waals surface area contributed by atoms with Crippen molar-refractivity contribution in [2.75, 3.05) is 5.75 Å². The average molecular weight is 276 g/mol. The second kappa shape index (κ2) is 5.86. The number of rotatable bonds is 5. The molecule has 0 radical (unpaired) electrons. The van der Waals surface area contributed by atoms with Crippen LogP contribution in [0.2, 0.25) is 0 Å². The van der Waals surface area contributed by atoms with E-state index in [1.54, 1.807) is 0 Å². The molecule has 3 rings (SSSR count). The maximum atomic E-state index is 5.86. The minimum Gasteiger partial charge on any atom is -0.271 e. The molecule has 0 saturated heterocycles. The first kappa shape index (κ1) is 13.5. The van der Waals surface area contributed by atoms with Crippen molar-refractivity contribution in [2.45, 2.75) is 43.5 Å². The molecule has 2 aliphatic carbocycles. The predicted octanol–water partition coefficient (Wildman–Crippen LogP) is 3.74. The molecule has 2 nitrogen and oxygen atoms in total. The highest BCUT2D eigenvalue weighted by Crippen LogP contribution is 2.52. The van der Waals surface area contributed by atoms with E-state index in [9.17, 15) is 0 Å². The summed E-state index contributed by atoms with van der Waals surface area (Å²) in [5, 5.41) is 0. The van der Waals surface area contributed by atoms with Gasteiger partial charge < -0.3 is 0 Å². The molecular formula is C16H24N2S. The summed E-state index contributed by atoms with van der Waals surface area (Å²) in [7, 11) is 0. The topological polar surface area (TPSA) is 38.0 Å². The van der Waals surface area contributed by atoms with Crippen molar-refractivity contribution in [1.82, 2.24) is 5.43 Å². The molecule has 3 heteroatoms. The van der Waals surface area contributed by atoms with Crippen molar-refractivity contribution in [3.8, 4) is 0 Å². The second-order valence-electron chi connectivity index (χ2n) is 5.99. The third kappa shape index (κ3) is 2.69. The van der Waals surface area contributed by atoms with Crippen molar-refractivity contribution in [2.24, 2.45) is 23.6 Å². The molecule has 1 aromatic rings. The van der Waals surface area contributed by atoms with Crippen LogP contribution in [-0.4, -0.2) is 5.75 Å². The van der Waals surface area contributed by atoms with Crippen LogP contribution in [0.3, 0.4) is 0 Å². The van der Waals surface area contributed by atoms with Crippen molar-refractivity contribution >= 4 is 11.8 Å². The maximum absolute atomic E-state index is 5.86. The lowest BCUT2D eigenvalue weighted by Gasteiger charge is -2.30. The van der Waals surface area contributed by atoms with Crippen LogP contribution in [0.1, 0.15) is 44.2 Å². The number of hydrogen-bond acceptors (Lipinski definition) is 3. The molecule has 0 amide bonds. The minimum absolute atomic E-state index is 0.343. The summed E-state index contributed by atoms with van der Waals surface area (Å²) in [6.45, 7) is 2.19. The molecule has 0 heterocycles. The van der Waals surface area contributed by atoms with Crippen molar-refractivity contribution in [3.63, 3.8) is 0 Å². The molecule has 2 saturated carbocycles. The standard InChI is InChI=1S/C16H24N2S/c1-2-19-14-7-5-12(6-8-14)16(18-17)15-10-11-3-4-13(15)9-11/h5-8,11,13,15-16,18H,2-4,9-10,17H2,1H3. The van der Waals surface area contributed by atoms with E-state index in [0.717, 1.165) is 23.5 Å². The lowest BCUT2D eigenvalue weighted by Crippen LogP contribution is -2.35. The number of hydrogen-bond donors (Lipinski definition) is 2. The van der Waals surface area contributed by atoms with Gasteiger partial charge in [0, 0.05) is 10.9 Å². The first-order valence-corrected chi connectivity index (χ1v) is 8.49. The van der Waals surface area contributed by atoms with E-state index in [1.807, 2.05) is 11.8 Å². The fraction of sp³-hybridized carbons (Fsp3) is 0.625. The van der Waals surface area contributed by atoms with E-state index in [2.05, 4.69) is 36.6 Å². The number of nitrogens with two attached hydrogens (primary N) is 1. The van der Waals surface area contributed by atoms with Gasteiger partial charge in [-0.15, -0.1) is 11.8 Å². The van der Waals surface area contributed by atoms with Gasteiger partial charge in [-0.3, -0.25) is 11.3 Å². The van der Waals surface area contributed by atoms with Crippen LogP contribution in [0.15, 0.2) is 29.2 Å². The van der Waals surface area contributed by atoms with Crippen molar-refractivity contribution in [1.29, 1.82) is 0 Å². The van der Waals surface area contributed by atoms with Crippen molar-refractivity contribution in [3.05, 3.63) is 29.8 Å². The third-order valence-electron chi connectivity index (χ3n) is 4.95. The zero-order chi connectivity index (χ0) is 13.2. The highest BCUT2D eigenvalue weighted by atomic mass is 32.2. The number of hydrazine groups is 1. The van der Waals surface area contributed by atoms with Crippen LogP contribution in [0, 0.1) is 17.8 Å². The largest absolute Gasteiger partial charge is 0.271 e. The first-order valence-electron chi connectivity index (χ1n) is 7.50. The number of thioether (sulfide) groups is 1. The van der Waals surface area contributed by atoms with E-state index in [0.29, 0.717) is 6.04 Å². The van der Waals surface area contributed by atoms with Crippen molar-refractivity contribution < 1.29 is 0 Å². The summed E-state index contributed by atoms with van der Waals surface area (Å²) in [4.78, 5) is 1.36. The summed E-state index contributed by atoms with van der Waals surface area (Å²) < 4.78 is 0. The maximum Gasteiger partial charge on any atom is 0.0490 e. The van der Waals surface area contributed by atoms with Crippen LogP contribution in [-0.2, 0) is 0 Å². The summed E-state index contributed by atoms with van der Waals surface area (Å²) in [6, 6.07) is 9.33. The molecule has 0 aliphatic heterocycles. The Hall–Kier alpha value is -0.510. The number of nitrogens with one attached hydrogen (secondary N) is 1. The Kier molecular flexibility index (Phi) is 4.15. The second-order valence-corrected chi connectivity index (χ2v) is 7.32.